The number of halogens is 1. The Labute approximate surface area is 155 Å². The number of hydrogen-bond donors (Lipinski definition) is 0. The number of aryl methyl sites for hydroxylation is 1. The number of amides is 1. The largest absolute Gasteiger partial charge is 0.353 e. The molecule has 138 valence electrons. The first-order chi connectivity index (χ1) is 13.1. The fourth-order valence-electron chi connectivity index (χ4n) is 3.06. The summed E-state index contributed by atoms with van der Waals surface area (Å²) in [5, 5.41) is 3.88. The molecule has 0 aliphatic carbocycles. The summed E-state index contributed by atoms with van der Waals surface area (Å²) in [6.07, 6.45) is 1.71. The number of hydrogen-bond acceptors (Lipinski definition) is 6. The van der Waals surface area contributed by atoms with Gasteiger partial charge in [0.15, 0.2) is 0 Å². The zero-order valence-corrected chi connectivity index (χ0v) is 14.8. The van der Waals surface area contributed by atoms with Crippen LogP contribution in [0.1, 0.15) is 16.2 Å². The van der Waals surface area contributed by atoms with Crippen LogP contribution in [-0.4, -0.2) is 52.1 Å². The number of carbonyl (C=O) groups is 1. The minimum Gasteiger partial charge on any atom is -0.353 e. The molecule has 1 aliphatic heterocycles. The second-order valence-electron chi connectivity index (χ2n) is 6.33. The lowest BCUT2D eigenvalue weighted by atomic mass is 10.1. The van der Waals surface area contributed by atoms with Gasteiger partial charge in [0.1, 0.15) is 11.6 Å². The summed E-state index contributed by atoms with van der Waals surface area (Å²) in [6, 6.07) is 9.60. The van der Waals surface area contributed by atoms with Crippen LogP contribution in [0, 0.1) is 12.7 Å². The van der Waals surface area contributed by atoms with Gasteiger partial charge in [-0.05, 0) is 30.3 Å². The van der Waals surface area contributed by atoms with Crippen LogP contribution >= 0.6 is 0 Å². The van der Waals surface area contributed by atoms with Gasteiger partial charge in [0.2, 0.25) is 11.7 Å². The van der Waals surface area contributed by atoms with Gasteiger partial charge in [0, 0.05) is 50.4 Å². The van der Waals surface area contributed by atoms with Gasteiger partial charge in [-0.15, -0.1) is 0 Å². The molecule has 1 amide bonds. The molecule has 1 aromatic carbocycles. The van der Waals surface area contributed by atoms with Crippen molar-refractivity contribution >= 4 is 11.7 Å². The lowest BCUT2D eigenvalue weighted by Gasteiger charge is -2.35. The van der Waals surface area contributed by atoms with Crippen LogP contribution in [-0.2, 0) is 0 Å². The summed E-state index contributed by atoms with van der Waals surface area (Å²) in [6.45, 7) is 4.18. The number of aromatic nitrogens is 3. The normalized spacial score (nSPS) is 14.4. The van der Waals surface area contributed by atoms with Gasteiger partial charge in [-0.25, -0.2) is 9.37 Å². The molecule has 7 nitrogen and oxygen atoms in total. The Hall–Kier alpha value is -3.29. The number of anilines is 1. The SMILES string of the molecule is Cc1nc(-c2ccc(N3CCN(C(=O)c4cccc(F)c4)CC3)nc2)no1. The molecule has 2 aromatic heterocycles. The average Bonchev–Trinajstić information content (AvgIpc) is 3.14. The third-order valence-corrected chi connectivity index (χ3v) is 4.50. The van der Waals surface area contributed by atoms with Crippen molar-refractivity contribution in [1.82, 2.24) is 20.0 Å². The maximum atomic E-state index is 13.3. The van der Waals surface area contributed by atoms with Gasteiger partial charge >= 0.3 is 0 Å². The van der Waals surface area contributed by atoms with E-state index in [1.54, 1.807) is 30.2 Å². The van der Waals surface area contributed by atoms with E-state index in [9.17, 15) is 9.18 Å². The van der Waals surface area contributed by atoms with Crippen LogP contribution in [0.15, 0.2) is 47.1 Å². The van der Waals surface area contributed by atoms with Crippen molar-refractivity contribution in [2.75, 3.05) is 31.1 Å². The van der Waals surface area contributed by atoms with Crippen LogP contribution in [0.3, 0.4) is 0 Å². The van der Waals surface area contributed by atoms with Crippen molar-refractivity contribution in [3.8, 4) is 11.4 Å². The Morgan fingerprint density at radius 3 is 2.59 bits per heavy atom. The van der Waals surface area contributed by atoms with E-state index in [1.165, 1.54) is 12.1 Å². The number of nitrogens with zero attached hydrogens (tertiary/aromatic N) is 5. The molecular weight excluding hydrogens is 349 g/mol. The first-order valence-electron chi connectivity index (χ1n) is 8.67. The number of benzene rings is 1. The van der Waals surface area contributed by atoms with E-state index in [1.807, 2.05) is 12.1 Å². The fraction of sp³-hybridized carbons (Fsp3) is 0.263. The summed E-state index contributed by atoms with van der Waals surface area (Å²) in [7, 11) is 0. The topological polar surface area (TPSA) is 75.4 Å². The van der Waals surface area contributed by atoms with Crippen LogP contribution in [0.4, 0.5) is 10.2 Å². The van der Waals surface area contributed by atoms with Crippen LogP contribution < -0.4 is 4.90 Å². The molecule has 1 saturated heterocycles. The van der Waals surface area contributed by atoms with Gasteiger partial charge < -0.3 is 14.3 Å². The minimum atomic E-state index is -0.402. The van der Waals surface area contributed by atoms with Crippen LogP contribution in [0.5, 0.6) is 0 Å². The molecule has 0 N–H and O–H groups in total. The summed E-state index contributed by atoms with van der Waals surface area (Å²) < 4.78 is 18.3. The maximum absolute atomic E-state index is 13.3. The highest BCUT2D eigenvalue weighted by Gasteiger charge is 2.23. The molecule has 0 bridgehead atoms. The Morgan fingerprint density at radius 2 is 1.96 bits per heavy atom. The zero-order chi connectivity index (χ0) is 18.8. The molecule has 27 heavy (non-hydrogen) atoms. The predicted octanol–water partition coefficient (Wildman–Crippen LogP) is 2.54. The smallest absolute Gasteiger partial charge is 0.254 e. The predicted molar refractivity (Wildman–Crippen MR) is 96.8 cm³/mol. The number of piperazine rings is 1. The molecule has 0 saturated carbocycles. The zero-order valence-electron chi connectivity index (χ0n) is 14.8. The van der Waals surface area contributed by atoms with Crippen LogP contribution in [0.25, 0.3) is 11.4 Å². The first-order valence-corrected chi connectivity index (χ1v) is 8.67. The van der Waals surface area contributed by atoms with Crippen molar-refractivity contribution in [2.24, 2.45) is 0 Å². The Morgan fingerprint density at radius 1 is 1.15 bits per heavy atom. The summed E-state index contributed by atoms with van der Waals surface area (Å²) >= 11 is 0. The Balaban J connectivity index is 1.39. The van der Waals surface area contributed by atoms with E-state index in [0.717, 1.165) is 11.4 Å². The fourth-order valence-corrected chi connectivity index (χ4v) is 3.06. The molecular formula is C19H18FN5O2. The molecule has 0 unspecified atom stereocenters. The minimum absolute atomic E-state index is 0.148. The van der Waals surface area contributed by atoms with Crippen molar-refractivity contribution in [1.29, 1.82) is 0 Å². The summed E-state index contributed by atoms with van der Waals surface area (Å²) in [5.74, 6) is 1.30. The highest BCUT2D eigenvalue weighted by atomic mass is 19.1. The number of carbonyl (C=O) groups excluding carboxylic acids is 1. The molecule has 4 rings (SSSR count). The monoisotopic (exact) mass is 367 g/mol. The third-order valence-electron chi connectivity index (χ3n) is 4.50. The van der Waals surface area contributed by atoms with E-state index in [2.05, 4.69) is 20.0 Å². The standard InChI is InChI=1S/C19H18FN5O2/c1-13-22-18(23-27-13)15-5-6-17(21-12-15)24-7-9-25(10-8-24)19(26)14-3-2-4-16(20)11-14/h2-6,11-12H,7-10H2,1H3. The highest BCUT2D eigenvalue weighted by molar-refractivity contribution is 5.94. The van der Waals surface area contributed by atoms with E-state index in [-0.39, 0.29) is 5.91 Å². The first kappa shape index (κ1) is 17.1. The second kappa shape index (κ2) is 7.14. The molecule has 1 fully saturated rings. The molecule has 1 aliphatic rings. The summed E-state index contributed by atoms with van der Waals surface area (Å²) in [4.78, 5) is 25.0. The van der Waals surface area contributed by atoms with Gasteiger partial charge in [-0.1, -0.05) is 11.2 Å². The van der Waals surface area contributed by atoms with Gasteiger partial charge in [0.05, 0.1) is 0 Å². The molecule has 3 aromatic rings. The summed E-state index contributed by atoms with van der Waals surface area (Å²) in [5.41, 5.74) is 1.16. The Kier molecular flexibility index (Phi) is 4.53. The van der Waals surface area contributed by atoms with Crippen molar-refractivity contribution < 1.29 is 13.7 Å². The van der Waals surface area contributed by atoms with E-state index >= 15 is 0 Å². The van der Waals surface area contributed by atoms with Crippen molar-refractivity contribution in [3.05, 3.63) is 59.9 Å². The van der Waals surface area contributed by atoms with Gasteiger partial charge in [-0.3, -0.25) is 4.79 Å². The van der Waals surface area contributed by atoms with E-state index < -0.39 is 5.82 Å². The number of pyridine rings is 1. The molecule has 8 heteroatoms. The second-order valence-corrected chi connectivity index (χ2v) is 6.33. The van der Waals surface area contributed by atoms with Gasteiger partial charge in [0.25, 0.3) is 5.91 Å². The molecule has 0 radical (unpaired) electrons. The third kappa shape index (κ3) is 3.64. The highest BCUT2D eigenvalue weighted by Crippen LogP contribution is 2.20. The lowest BCUT2D eigenvalue weighted by Crippen LogP contribution is -2.49. The maximum Gasteiger partial charge on any atom is 0.254 e. The number of rotatable bonds is 3. The quantitative estimate of drug-likeness (QED) is 0.708. The molecule has 0 atom stereocenters. The lowest BCUT2D eigenvalue weighted by molar-refractivity contribution is 0.0746. The molecule has 0 spiro atoms. The van der Waals surface area contributed by atoms with Gasteiger partial charge in [-0.2, -0.15) is 4.98 Å². The Bertz CT molecular complexity index is 949. The van der Waals surface area contributed by atoms with Crippen molar-refractivity contribution in [3.63, 3.8) is 0 Å². The van der Waals surface area contributed by atoms with E-state index in [4.69, 9.17) is 4.52 Å². The van der Waals surface area contributed by atoms with E-state index in [0.29, 0.717) is 43.5 Å². The average molecular weight is 367 g/mol. The van der Waals surface area contributed by atoms with Crippen LogP contribution in [0.2, 0.25) is 0 Å². The van der Waals surface area contributed by atoms with Crippen molar-refractivity contribution in [2.45, 2.75) is 6.92 Å². The molecule has 3 heterocycles.